The summed E-state index contributed by atoms with van der Waals surface area (Å²) in [5.41, 5.74) is 0.932. The van der Waals surface area contributed by atoms with Gasteiger partial charge in [-0.15, -0.1) is 0 Å². The van der Waals surface area contributed by atoms with E-state index in [9.17, 15) is 9.90 Å². The third kappa shape index (κ3) is 8.33. The summed E-state index contributed by atoms with van der Waals surface area (Å²) < 4.78 is 11.5. The Morgan fingerprint density at radius 2 is 1.79 bits per heavy atom. The summed E-state index contributed by atoms with van der Waals surface area (Å²) in [6.07, 6.45) is 0.208. The third-order valence-electron chi connectivity index (χ3n) is 5.54. The molecule has 0 saturated carbocycles. The molecule has 0 bridgehead atoms. The van der Waals surface area contributed by atoms with E-state index < -0.39 is 20.5 Å². The van der Waals surface area contributed by atoms with Crippen LogP contribution in [0.25, 0.3) is 0 Å². The van der Waals surface area contributed by atoms with Gasteiger partial charge in [0, 0.05) is 6.61 Å². The molecule has 160 valence electrons. The molecule has 0 aliphatic carbocycles. The second kappa shape index (κ2) is 11.0. The Balaban J connectivity index is 2.44. The number of rotatable bonds is 10. The van der Waals surface area contributed by atoms with Gasteiger partial charge in [0.15, 0.2) is 8.32 Å². The molecule has 6 heteroatoms. The summed E-state index contributed by atoms with van der Waals surface area (Å²) in [4.78, 5) is 12.1. The van der Waals surface area contributed by atoms with Crippen molar-refractivity contribution in [2.75, 3.05) is 6.61 Å². The van der Waals surface area contributed by atoms with Gasteiger partial charge in [0.2, 0.25) is 0 Å². The van der Waals surface area contributed by atoms with E-state index in [0.717, 1.165) is 12.0 Å². The summed E-state index contributed by atoms with van der Waals surface area (Å²) in [5, 5.41) is 13.6. The average molecular weight is 410 g/mol. The number of aliphatic hydroxyl groups is 1. The quantitative estimate of drug-likeness (QED) is 0.417. The largest absolute Gasteiger partial charge is 0.445 e. The SMILES string of the molecule is CC(C)[C@H](NC(=O)OCc1ccccc1)[C@H](O)CCCO[Si](C)(C)C(C)(C)C. The third-order valence-corrected chi connectivity index (χ3v) is 10.1. The number of hydrogen-bond acceptors (Lipinski definition) is 4. The van der Waals surface area contributed by atoms with Gasteiger partial charge >= 0.3 is 6.09 Å². The van der Waals surface area contributed by atoms with E-state index in [0.29, 0.717) is 13.0 Å². The van der Waals surface area contributed by atoms with Gasteiger partial charge in [0.25, 0.3) is 0 Å². The van der Waals surface area contributed by atoms with E-state index in [1.165, 1.54) is 0 Å². The van der Waals surface area contributed by atoms with Gasteiger partial charge in [-0.25, -0.2) is 4.79 Å². The normalized spacial score (nSPS) is 14.6. The minimum absolute atomic E-state index is 0.0978. The Morgan fingerprint density at radius 1 is 1.18 bits per heavy atom. The van der Waals surface area contributed by atoms with Crippen molar-refractivity contribution in [2.45, 2.75) is 84.3 Å². The van der Waals surface area contributed by atoms with Crippen molar-refractivity contribution in [3.63, 3.8) is 0 Å². The molecule has 1 aromatic carbocycles. The first kappa shape index (κ1) is 24.7. The minimum Gasteiger partial charge on any atom is -0.445 e. The molecular weight excluding hydrogens is 370 g/mol. The molecule has 28 heavy (non-hydrogen) atoms. The molecule has 0 fully saturated rings. The molecule has 0 unspecified atom stereocenters. The maximum Gasteiger partial charge on any atom is 0.407 e. The van der Waals surface area contributed by atoms with Crippen LogP contribution in [-0.2, 0) is 15.8 Å². The highest BCUT2D eigenvalue weighted by Crippen LogP contribution is 2.36. The van der Waals surface area contributed by atoms with Crippen molar-refractivity contribution in [1.82, 2.24) is 5.32 Å². The zero-order valence-corrected chi connectivity index (χ0v) is 19.6. The maximum absolute atomic E-state index is 12.1. The summed E-state index contributed by atoms with van der Waals surface area (Å²) in [5.74, 6) is 0.0978. The van der Waals surface area contributed by atoms with Gasteiger partial charge in [-0.05, 0) is 42.5 Å². The molecule has 0 heterocycles. The van der Waals surface area contributed by atoms with E-state index >= 15 is 0 Å². The number of hydrogen-bond donors (Lipinski definition) is 2. The molecule has 1 rings (SSSR count). The molecule has 0 aliphatic rings. The van der Waals surface area contributed by atoms with Crippen molar-refractivity contribution in [2.24, 2.45) is 5.92 Å². The highest BCUT2D eigenvalue weighted by molar-refractivity contribution is 6.74. The monoisotopic (exact) mass is 409 g/mol. The topological polar surface area (TPSA) is 67.8 Å². The summed E-state index contributed by atoms with van der Waals surface area (Å²) >= 11 is 0. The summed E-state index contributed by atoms with van der Waals surface area (Å²) in [7, 11) is -1.77. The lowest BCUT2D eigenvalue weighted by Crippen LogP contribution is -2.47. The molecule has 0 spiro atoms. The zero-order valence-electron chi connectivity index (χ0n) is 18.6. The first-order valence-electron chi connectivity index (χ1n) is 10.2. The second-order valence-corrected chi connectivity index (χ2v) is 14.1. The lowest BCUT2D eigenvalue weighted by Gasteiger charge is -2.36. The number of benzene rings is 1. The lowest BCUT2D eigenvalue weighted by molar-refractivity contribution is 0.0764. The van der Waals surface area contributed by atoms with Crippen molar-refractivity contribution in [1.29, 1.82) is 0 Å². The van der Waals surface area contributed by atoms with Gasteiger partial charge < -0.3 is 19.6 Å². The van der Waals surface area contributed by atoms with Crippen LogP contribution in [0.1, 0.15) is 53.0 Å². The second-order valence-electron chi connectivity index (χ2n) is 9.29. The van der Waals surface area contributed by atoms with E-state index in [2.05, 4.69) is 39.2 Å². The standard InChI is InChI=1S/C22H39NO4Si/c1-17(2)20(23-21(25)26-16-18-12-9-8-10-13-18)19(24)14-11-15-27-28(6,7)22(3,4)5/h8-10,12-13,17,19-20,24H,11,14-16H2,1-7H3,(H,23,25)/t19-,20+/m1/s1. The number of carbonyl (C=O) groups excluding carboxylic acids is 1. The first-order valence-corrected chi connectivity index (χ1v) is 13.1. The van der Waals surface area contributed by atoms with Crippen LogP contribution in [0.3, 0.4) is 0 Å². The Kier molecular flexibility index (Phi) is 9.67. The van der Waals surface area contributed by atoms with Crippen molar-refractivity contribution in [3.05, 3.63) is 35.9 Å². The van der Waals surface area contributed by atoms with Gasteiger partial charge in [-0.2, -0.15) is 0 Å². The van der Waals surface area contributed by atoms with Crippen LogP contribution in [0.4, 0.5) is 4.79 Å². The smallest absolute Gasteiger partial charge is 0.407 e. The van der Waals surface area contributed by atoms with Crippen LogP contribution < -0.4 is 5.32 Å². The van der Waals surface area contributed by atoms with Crippen molar-refractivity contribution in [3.8, 4) is 0 Å². The summed E-state index contributed by atoms with van der Waals surface area (Å²) in [6, 6.07) is 9.20. The van der Waals surface area contributed by atoms with Crippen LogP contribution in [-0.4, -0.2) is 38.3 Å². The van der Waals surface area contributed by atoms with E-state index in [1.807, 2.05) is 44.2 Å². The summed E-state index contributed by atoms with van der Waals surface area (Å²) in [6.45, 7) is 15.9. The molecule has 0 aliphatic heterocycles. The fraction of sp³-hybridized carbons (Fsp3) is 0.682. The zero-order chi connectivity index (χ0) is 21.4. The van der Waals surface area contributed by atoms with Crippen LogP contribution in [0.2, 0.25) is 18.1 Å². The Bertz CT molecular complexity index is 584. The number of aliphatic hydroxyl groups excluding tert-OH is 1. The Morgan fingerprint density at radius 3 is 2.32 bits per heavy atom. The van der Waals surface area contributed by atoms with Crippen LogP contribution >= 0.6 is 0 Å². The van der Waals surface area contributed by atoms with Crippen molar-refractivity contribution >= 4 is 14.4 Å². The van der Waals surface area contributed by atoms with Gasteiger partial charge in [0.1, 0.15) is 6.61 Å². The molecule has 5 nitrogen and oxygen atoms in total. The fourth-order valence-corrected chi connectivity index (χ4v) is 3.71. The van der Waals surface area contributed by atoms with E-state index in [4.69, 9.17) is 9.16 Å². The van der Waals surface area contributed by atoms with Crippen molar-refractivity contribution < 1.29 is 19.1 Å². The molecule has 2 atom stereocenters. The van der Waals surface area contributed by atoms with Gasteiger partial charge in [-0.3, -0.25) is 0 Å². The predicted molar refractivity (Wildman–Crippen MR) is 117 cm³/mol. The fourth-order valence-electron chi connectivity index (χ4n) is 2.62. The highest BCUT2D eigenvalue weighted by Gasteiger charge is 2.37. The highest BCUT2D eigenvalue weighted by atomic mass is 28.4. The number of amides is 1. The van der Waals surface area contributed by atoms with E-state index in [1.54, 1.807) is 0 Å². The predicted octanol–water partition coefficient (Wildman–Crippen LogP) is 5.10. The number of carbonyl (C=O) groups is 1. The van der Waals surface area contributed by atoms with Gasteiger partial charge in [-0.1, -0.05) is 65.0 Å². The van der Waals surface area contributed by atoms with Crippen LogP contribution in [0, 0.1) is 5.92 Å². The molecule has 1 aromatic rings. The first-order chi connectivity index (χ1) is 12.9. The van der Waals surface area contributed by atoms with Crippen LogP contribution in [0.15, 0.2) is 30.3 Å². The Hall–Kier alpha value is -1.37. The minimum atomic E-state index is -1.77. The number of alkyl carbamates (subject to hydrolysis) is 1. The number of ether oxygens (including phenoxy) is 1. The molecular formula is C22H39NO4Si. The molecule has 0 saturated heterocycles. The molecule has 2 N–H and O–H groups in total. The maximum atomic E-state index is 12.1. The number of nitrogens with one attached hydrogen (secondary N) is 1. The van der Waals surface area contributed by atoms with Crippen LogP contribution in [0.5, 0.6) is 0 Å². The Labute approximate surface area is 172 Å². The molecule has 0 aromatic heterocycles. The average Bonchev–Trinajstić information content (AvgIpc) is 2.61. The molecule has 1 amide bonds. The van der Waals surface area contributed by atoms with E-state index in [-0.39, 0.29) is 23.6 Å². The molecule has 0 radical (unpaired) electrons. The lowest BCUT2D eigenvalue weighted by atomic mass is 9.96. The van der Waals surface area contributed by atoms with Gasteiger partial charge in [0.05, 0.1) is 12.1 Å².